The molecular weight excluding hydrogens is 248 g/mol. The lowest BCUT2D eigenvalue weighted by Gasteiger charge is -2.23. The maximum atomic E-state index is 12.0. The van der Waals surface area contributed by atoms with Crippen molar-refractivity contribution in [3.8, 4) is 0 Å². The molecule has 0 fully saturated rings. The molecule has 0 aromatic heterocycles. The van der Waals surface area contributed by atoms with Gasteiger partial charge in [-0.05, 0) is 11.5 Å². The van der Waals surface area contributed by atoms with Crippen molar-refractivity contribution in [3.63, 3.8) is 0 Å². The number of Topliss-reactive ketones (excluding diaryl/α,β-unsaturated/α-hetero) is 1. The third kappa shape index (κ3) is 2.94. The Kier molecular flexibility index (Phi) is 4.44. The fourth-order valence-electron chi connectivity index (χ4n) is 2.15. The molecule has 0 amide bonds. The lowest BCUT2D eigenvalue weighted by Crippen LogP contribution is -2.17. The van der Waals surface area contributed by atoms with Crippen LogP contribution in [0.1, 0.15) is 24.3 Å². The molecular formula is C14H16O3S. The second kappa shape index (κ2) is 6.07. The highest BCUT2D eigenvalue weighted by atomic mass is 32.2. The maximum absolute atomic E-state index is 12.0. The van der Waals surface area contributed by atoms with E-state index >= 15 is 0 Å². The molecule has 1 aromatic rings. The normalized spacial score (nSPS) is 20.3. The smallest absolute Gasteiger partial charge is 0.173 e. The monoisotopic (exact) mass is 264 g/mol. The molecule has 0 aliphatic heterocycles. The summed E-state index contributed by atoms with van der Waals surface area (Å²) < 4.78 is 0. The molecule has 1 unspecified atom stereocenters. The summed E-state index contributed by atoms with van der Waals surface area (Å²) in [6.45, 7) is 0.0108. The third-order valence-electron chi connectivity index (χ3n) is 3.00. The molecule has 1 atom stereocenters. The zero-order valence-corrected chi connectivity index (χ0v) is 10.8. The Morgan fingerprint density at radius 1 is 1.22 bits per heavy atom. The van der Waals surface area contributed by atoms with Gasteiger partial charge in [0.25, 0.3) is 0 Å². The van der Waals surface area contributed by atoms with Gasteiger partial charge in [0.15, 0.2) is 5.78 Å². The molecule has 0 saturated heterocycles. The predicted molar refractivity (Wildman–Crippen MR) is 72.6 cm³/mol. The Balaban J connectivity index is 2.14. The van der Waals surface area contributed by atoms with Crippen molar-refractivity contribution in [3.05, 3.63) is 46.6 Å². The van der Waals surface area contributed by atoms with Gasteiger partial charge in [-0.25, -0.2) is 0 Å². The predicted octanol–water partition coefficient (Wildman–Crippen LogP) is 2.63. The van der Waals surface area contributed by atoms with E-state index in [2.05, 4.69) is 0 Å². The molecule has 0 bridgehead atoms. The van der Waals surface area contributed by atoms with Crippen LogP contribution in [0.4, 0.5) is 0 Å². The number of aliphatic hydroxyl groups is 2. The van der Waals surface area contributed by atoms with Crippen LogP contribution in [-0.4, -0.2) is 28.4 Å². The average molecular weight is 264 g/mol. The summed E-state index contributed by atoms with van der Waals surface area (Å²) in [7, 11) is 0. The number of carbonyl (C=O) groups is 1. The van der Waals surface area contributed by atoms with E-state index in [1.165, 1.54) is 11.8 Å². The standard InChI is InChI=1S/C14H16O3S/c15-6-7-18-14-12(16)8-11(9-13(14)17)10-4-2-1-3-5-10/h1-5,11,15-16H,6-9H2. The Morgan fingerprint density at radius 2 is 1.94 bits per heavy atom. The van der Waals surface area contributed by atoms with Crippen LogP contribution in [0.25, 0.3) is 0 Å². The highest BCUT2D eigenvalue weighted by molar-refractivity contribution is 8.04. The first-order valence-corrected chi connectivity index (χ1v) is 6.95. The fraction of sp³-hybridized carbons (Fsp3) is 0.357. The molecule has 2 N–H and O–H groups in total. The van der Waals surface area contributed by atoms with E-state index in [-0.39, 0.29) is 24.1 Å². The van der Waals surface area contributed by atoms with Gasteiger partial charge in [0.2, 0.25) is 0 Å². The molecule has 0 heterocycles. The summed E-state index contributed by atoms with van der Waals surface area (Å²) in [6.07, 6.45) is 0.936. The molecule has 0 saturated carbocycles. The molecule has 0 radical (unpaired) electrons. The van der Waals surface area contributed by atoms with Crippen molar-refractivity contribution in [2.24, 2.45) is 0 Å². The van der Waals surface area contributed by atoms with Gasteiger partial charge in [-0.15, -0.1) is 11.8 Å². The van der Waals surface area contributed by atoms with Crippen LogP contribution in [0, 0.1) is 0 Å². The lowest BCUT2D eigenvalue weighted by atomic mass is 9.86. The molecule has 1 aromatic carbocycles. The number of thioether (sulfide) groups is 1. The van der Waals surface area contributed by atoms with E-state index in [9.17, 15) is 9.90 Å². The minimum Gasteiger partial charge on any atom is -0.511 e. The SMILES string of the molecule is O=C1CC(c2ccccc2)CC(O)=C1SCCO. The molecule has 1 aliphatic rings. The summed E-state index contributed by atoms with van der Waals surface area (Å²) in [5, 5.41) is 18.7. The minimum absolute atomic E-state index is 0.0108. The molecule has 3 nitrogen and oxygen atoms in total. The Morgan fingerprint density at radius 3 is 2.56 bits per heavy atom. The zero-order valence-electron chi connectivity index (χ0n) is 10.0. The van der Waals surface area contributed by atoms with Gasteiger partial charge in [-0.1, -0.05) is 30.3 Å². The maximum Gasteiger partial charge on any atom is 0.173 e. The van der Waals surface area contributed by atoms with Gasteiger partial charge in [-0.2, -0.15) is 0 Å². The number of rotatable bonds is 4. The van der Waals surface area contributed by atoms with Gasteiger partial charge in [0.05, 0.1) is 11.5 Å². The molecule has 96 valence electrons. The zero-order chi connectivity index (χ0) is 13.0. The molecule has 2 rings (SSSR count). The van der Waals surface area contributed by atoms with E-state index in [1.807, 2.05) is 30.3 Å². The van der Waals surface area contributed by atoms with E-state index in [0.29, 0.717) is 23.5 Å². The quantitative estimate of drug-likeness (QED) is 0.877. The van der Waals surface area contributed by atoms with Crippen molar-refractivity contribution in [1.82, 2.24) is 0 Å². The van der Waals surface area contributed by atoms with Crippen molar-refractivity contribution in [2.75, 3.05) is 12.4 Å². The van der Waals surface area contributed by atoms with Crippen molar-refractivity contribution in [2.45, 2.75) is 18.8 Å². The number of benzene rings is 1. The van der Waals surface area contributed by atoms with Gasteiger partial charge in [0, 0.05) is 18.6 Å². The number of aliphatic hydroxyl groups excluding tert-OH is 2. The summed E-state index contributed by atoms with van der Waals surface area (Å²) in [4.78, 5) is 12.4. The number of ketones is 1. The lowest BCUT2D eigenvalue weighted by molar-refractivity contribution is -0.115. The first kappa shape index (κ1) is 13.2. The van der Waals surface area contributed by atoms with Gasteiger partial charge < -0.3 is 10.2 Å². The van der Waals surface area contributed by atoms with Crippen molar-refractivity contribution in [1.29, 1.82) is 0 Å². The Labute approximate surface area is 111 Å². The Bertz CT molecular complexity index is 453. The average Bonchev–Trinajstić information content (AvgIpc) is 2.39. The summed E-state index contributed by atoms with van der Waals surface area (Å²) in [5.41, 5.74) is 1.09. The summed E-state index contributed by atoms with van der Waals surface area (Å²) in [6, 6.07) is 9.79. The number of hydrogen-bond donors (Lipinski definition) is 2. The third-order valence-corrected chi connectivity index (χ3v) is 4.13. The molecule has 1 aliphatic carbocycles. The second-order valence-electron chi connectivity index (χ2n) is 4.29. The first-order valence-electron chi connectivity index (χ1n) is 5.96. The Hall–Kier alpha value is -1.26. The number of carbonyl (C=O) groups excluding carboxylic acids is 1. The van der Waals surface area contributed by atoms with E-state index < -0.39 is 0 Å². The fourth-order valence-corrected chi connectivity index (χ4v) is 2.94. The van der Waals surface area contributed by atoms with Crippen LogP contribution in [0.5, 0.6) is 0 Å². The molecule has 18 heavy (non-hydrogen) atoms. The topological polar surface area (TPSA) is 57.5 Å². The first-order chi connectivity index (χ1) is 8.72. The summed E-state index contributed by atoms with van der Waals surface area (Å²) in [5.74, 6) is 0.656. The minimum atomic E-state index is -0.0222. The number of allylic oxidation sites excluding steroid dienone is 2. The van der Waals surface area contributed by atoms with Crippen LogP contribution < -0.4 is 0 Å². The molecule has 0 spiro atoms. The summed E-state index contributed by atoms with van der Waals surface area (Å²) >= 11 is 1.24. The highest BCUT2D eigenvalue weighted by Crippen LogP contribution is 2.37. The van der Waals surface area contributed by atoms with E-state index in [1.54, 1.807) is 0 Å². The van der Waals surface area contributed by atoms with Crippen molar-refractivity contribution >= 4 is 17.5 Å². The van der Waals surface area contributed by atoms with Crippen LogP contribution >= 0.6 is 11.8 Å². The number of hydrogen-bond acceptors (Lipinski definition) is 4. The van der Waals surface area contributed by atoms with E-state index in [0.717, 1.165) is 5.56 Å². The largest absolute Gasteiger partial charge is 0.511 e. The van der Waals surface area contributed by atoms with Gasteiger partial charge in [0.1, 0.15) is 5.76 Å². The molecule has 4 heteroatoms. The van der Waals surface area contributed by atoms with E-state index in [4.69, 9.17) is 5.11 Å². The highest BCUT2D eigenvalue weighted by Gasteiger charge is 2.28. The van der Waals surface area contributed by atoms with Crippen LogP contribution in [0.3, 0.4) is 0 Å². The van der Waals surface area contributed by atoms with Crippen LogP contribution in [0.15, 0.2) is 41.0 Å². The van der Waals surface area contributed by atoms with Gasteiger partial charge in [-0.3, -0.25) is 4.79 Å². The van der Waals surface area contributed by atoms with Gasteiger partial charge >= 0.3 is 0 Å². The van der Waals surface area contributed by atoms with Crippen LogP contribution in [0.2, 0.25) is 0 Å². The van der Waals surface area contributed by atoms with Crippen molar-refractivity contribution < 1.29 is 15.0 Å². The second-order valence-corrected chi connectivity index (χ2v) is 5.39. The van der Waals surface area contributed by atoms with Crippen LogP contribution in [-0.2, 0) is 4.79 Å².